The molecule has 0 radical (unpaired) electrons. The highest BCUT2D eigenvalue weighted by Crippen LogP contribution is 2.31. The summed E-state index contributed by atoms with van der Waals surface area (Å²) in [4.78, 5) is 44.2. The molecule has 1 saturated carbocycles. The van der Waals surface area contributed by atoms with E-state index in [0.29, 0.717) is 25.3 Å². The maximum atomic E-state index is 12.8. The Morgan fingerprint density at radius 2 is 1.50 bits per heavy atom. The predicted octanol–water partition coefficient (Wildman–Crippen LogP) is 4.33. The molecule has 0 atom stereocenters. The molecule has 1 aliphatic heterocycles. The first kappa shape index (κ1) is 25.5. The third-order valence-corrected chi connectivity index (χ3v) is 7.17. The van der Waals surface area contributed by atoms with Crippen molar-refractivity contribution in [3.8, 4) is 0 Å². The van der Waals surface area contributed by atoms with Crippen molar-refractivity contribution in [1.82, 2.24) is 9.80 Å². The van der Waals surface area contributed by atoms with E-state index in [9.17, 15) is 14.4 Å². The van der Waals surface area contributed by atoms with E-state index in [0.717, 1.165) is 48.3 Å². The summed E-state index contributed by atoms with van der Waals surface area (Å²) >= 11 is 0. The van der Waals surface area contributed by atoms with Gasteiger partial charge in [0, 0.05) is 55.6 Å². The van der Waals surface area contributed by atoms with E-state index in [1.54, 1.807) is 4.90 Å². The van der Waals surface area contributed by atoms with E-state index in [4.69, 9.17) is 0 Å². The summed E-state index contributed by atoms with van der Waals surface area (Å²) in [7, 11) is 0. The van der Waals surface area contributed by atoms with Gasteiger partial charge in [0.2, 0.25) is 11.8 Å². The number of rotatable bonds is 8. The van der Waals surface area contributed by atoms with Gasteiger partial charge in [0.25, 0.3) is 5.91 Å². The summed E-state index contributed by atoms with van der Waals surface area (Å²) in [5.74, 6) is -0.0205. The van der Waals surface area contributed by atoms with Crippen molar-refractivity contribution in [3.05, 3.63) is 95.6 Å². The SMILES string of the molecule is Cc1ccc(C(=O)N2CCN(c3ccc(NC(=O)CN(Cc4ccccc4)C(=O)C4CC4)cc3)CC2)cc1. The molecule has 0 aromatic heterocycles. The lowest BCUT2D eigenvalue weighted by molar-refractivity contribution is -0.136. The molecule has 196 valence electrons. The maximum absolute atomic E-state index is 12.8. The molecule has 1 heterocycles. The highest BCUT2D eigenvalue weighted by molar-refractivity contribution is 5.95. The van der Waals surface area contributed by atoms with Gasteiger partial charge in [-0.2, -0.15) is 0 Å². The Labute approximate surface area is 224 Å². The second-order valence-corrected chi connectivity index (χ2v) is 10.2. The van der Waals surface area contributed by atoms with Crippen molar-refractivity contribution in [2.45, 2.75) is 26.3 Å². The van der Waals surface area contributed by atoms with Crippen LogP contribution in [0.2, 0.25) is 0 Å². The molecule has 5 rings (SSSR count). The highest BCUT2D eigenvalue weighted by Gasteiger charge is 2.34. The monoisotopic (exact) mass is 510 g/mol. The molecular formula is C31H34N4O3. The summed E-state index contributed by atoms with van der Waals surface area (Å²) < 4.78 is 0. The number of hydrogen-bond acceptors (Lipinski definition) is 4. The molecule has 0 unspecified atom stereocenters. The number of anilines is 2. The first-order valence-electron chi connectivity index (χ1n) is 13.3. The normalized spacial score (nSPS) is 15.2. The summed E-state index contributed by atoms with van der Waals surface area (Å²) in [6.45, 7) is 5.31. The molecule has 0 bridgehead atoms. The van der Waals surface area contributed by atoms with Crippen LogP contribution >= 0.6 is 0 Å². The zero-order valence-electron chi connectivity index (χ0n) is 21.8. The van der Waals surface area contributed by atoms with Gasteiger partial charge >= 0.3 is 0 Å². The van der Waals surface area contributed by atoms with Gasteiger partial charge in [0.15, 0.2) is 0 Å². The topological polar surface area (TPSA) is 73.0 Å². The number of aryl methyl sites for hydroxylation is 1. The van der Waals surface area contributed by atoms with Crippen LogP contribution in [0.25, 0.3) is 0 Å². The van der Waals surface area contributed by atoms with Crippen molar-refractivity contribution in [3.63, 3.8) is 0 Å². The number of nitrogens with one attached hydrogen (secondary N) is 1. The van der Waals surface area contributed by atoms with Crippen LogP contribution < -0.4 is 10.2 Å². The number of benzene rings is 3. The minimum Gasteiger partial charge on any atom is -0.368 e. The maximum Gasteiger partial charge on any atom is 0.253 e. The van der Waals surface area contributed by atoms with Crippen LogP contribution in [0.4, 0.5) is 11.4 Å². The van der Waals surface area contributed by atoms with Gasteiger partial charge in [-0.25, -0.2) is 0 Å². The highest BCUT2D eigenvalue weighted by atomic mass is 16.2. The Bertz CT molecular complexity index is 1260. The predicted molar refractivity (Wildman–Crippen MR) is 149 cm³/mol. The number of carbonyl (C=O) groups excluding carboxylic acids is 3. The molecule has 1 aliphatic carbocycles. The quantitative estimate of drug-likeness (QED) is 0.490. The van der Waals surface area contributed by atoms with Crippen molar-refractivity contribution in [1.29, 1.82) is 0 Å². The zero-order chi connectivity index (χ0) is 26.5. The van der Waals surface area contributed by atoms with E-state index < -0.39 is 0 Å². The third-order valence-electron chi connectivity index (χ3n) is 7.17. The molecule has 3 aromatic rings. The van der Waals surface area contributed by atoms with Gasteiger partial charge in [-0.05, 0) is 61.7 Å². The van der Waals surface area contributed by atoms with Gasteiger partial charge in [-0.15, -0.1) is 0 Å². The number of carbonyl (C=O) groups is 3. The molecule has 1 saturated heterocycles. The number of piperazine rings is 1. The van der Waals surface area contributed by atoms with Gasteiger partial charge in [0.1, 0.15) is 6.54 Å². The molecular weight excluding hydrogens is 476 g/mol. The van der Waals surface area contributed by atoms with E-state index in [-0.39, 0.29) is 30.2 Å². The number of hydrogen-bond donors (Lipinski definition) is 1. The van der Waals surface area contributed by atoms with Crippen LogP contribution in [0.5, 0.6) is 0 Å². The molecule has 2 aliphatic rings. The minimum absolute atomic E-state index is 0.0307. The summed E-state index contributed by atoms with van der Waals surface area (Å²) in [6, 6.07) is 25.3. The van der Waals surface area contributed by atoms with Gasteiger partial charge in [-0.3, -0.25) is 14.4 Å². The Morgan fingerprint density at radius 3 is 2.13 bits per heavy atom. The Kier molecular flexibility index (Phi) is 7.73. The fourth-order valence-corrected chi connectivity index (χ4v) is 4.78. The minimum atomic E-state index is -0.203. The Hall–Kier alpha value is -4.13. The lowest BCUT2D eigenvalue weighted by atomic mass is 10.1. The van der Waals surface area contributed by atoms with Crippen LogP contribution in [0.15, 0.2) is 78.9 Å². The second kappa shape index (κ2) is 11.5. The van der Waals surface area contributed by atoms with Crippen molar-refractivity contribution in [2.75, 3.05) is 42.9 Å². The lowest BCUT2D eigenvalue weighted by Crippen LogP contribution is -2.48. The van der Waals surface area contributed by atoms with E-state index >= 15 is 0 Å². The summed E-state index contributed by atoms with van der Waals surface area (Å²) in [6.07, 6.45) is 1.81. The fraction of sp³-hybridized carbons (Fsp3) is 0.323. The van der Waals surface area contributed by atoms with Crippen molar-refractivity contribution < 1.29 is 14.4 Å². The van der Waals surface area contributed by atoms with Crippen LogP contribution in [0.1, 0.15) is 34.3 Å². The molecule has 2 fully saturated rings. The lowest BCUT2D eigenvalue weighted by Gasteiger charge is -2.36. The first-order valence-corrected chi connectivity index (χ1v) is 13.3. The van der Waals surface area contributed by atoms with Crippen molar-refractivity contribution in [2.24, 2.45) is 5.92 Å². The molecule has 3 amide bonds. The molecule has 0 spiro atoms. The molecule has 38 heavy (non-hydrogen) atoms. The average molecular weight is 511 g/mol. The molecule has 1 N–H and O–H groups in total. The van der Waals surface area contributed by atoms with Gasteiger partial charge < -0.3 is 20.0 Å². The number of nitrogens with zero attached hydrogens (tertiary/aromatic N) is 3. The van der Waals surface area contributed by atoms with E-state index in [2.05, 4.69) is 10.2 Å². The molecule has 7 nitrogen and oxygen atoms in total. The van der Waals surface area contributed by atoms with Crippen LogP contribution in [-0.2, 0) is 16.1 Å². The largest absolute Gasteiger partial charge is 0.368 e. The fourth-order valence-electron chi connectivity index (χ4n) is 4.78. The zero-order valence-corrected chi connectivity index (χ0v) is 21.8. The summed E-state index contributed by atoms with van der Waals surface area (Å²) in [5, 5.41) is 2.94. The Morgan fingerprint density at radius 1 is 0.842 bits per heavy atom. The van der Waals surface area contributed by atoms with Crippen LogP contribution in [-0.4, -0.2) is 60.2 Å². The summed E-state index contributed by atoms with van der Waals surface area (Å²) in [5.41, 5.74) is 4.64. The molecule has 7 heteroatoms. The van der Waals surface area contributed by atoms with Crippen LogP contribution in [0, 0.1) is 12.8 Å². The average Bonchev–Trinajstić information content (AvgIpc) is 3.79. The molecule has 3 aromatic carbocycles. The second-order valence-electron chi connectivity index (χ2n) is 10.2. The first-order chi connectivity index (χ1) is 18.5. The Balaban J connectivity index is 1.13. The standard InChI is InChI=1S/C31H34N4O3/c1-23-7-9-25(10-8-23)30(37)34-19-17-33(18-20-34)28-15-13-27(14-16-28)32-29(36)22-35(31(38)26-11-12-26)21-24-5-3-2-4-6-24/h2-10,13-16,26H,11-12,17-22H2,1H3,(H,32,36). The van der Waals surface area contributed by atoms with E-state index in [1.165, 1.54) is 0 Å². The van der Waals surface area contributed by atoms with Crippen LogP contribution in [0.3, 0.4) is 0 Å². The third kappa shape index (κ3) is 6.40. The number of amides is 3. The van der Waals surface area contributed by atoms with Gasteiger partial charge in [-0.1, -0.05) is 48.0 Å². The van der Waals surface area contributed by atoms with Crippen molar-refractivity contribution >= 4 is 29.1 Å². The van der Waals surface area contributed by atoms with Gasteiger partial charge in [0.05, 0.1) is 0 Å². The van der Waals surface area contributed by atoms with E-state index in [1.807, 2.05) is 90.7 Å². The smallest absolute Gasteiger partial charge is 0.253 e.